The molecule has 0 aromatic heterocycles. The van der Waals surface area contributed by atoms with E-state index in [4.69, 9.17) is 4.74 Å². The molecule has 1 N–H and O–H groups in total. The zero-order valence-electron chi connectivity index (χ0n) is 24.6. The van der Waals surface area contributed by atoms with Crippen molar-refractivity contribution in [2.75, 3.05) is 24.0 Å². The first-order valence-corrected chi connectivity index (χ1v) is 15.5. The molecule has 0 aliphatic heterocycles. The minimum atomic E-state index is -4.13. The van der Waals surface area contributed by atoms with E-state index in [0.717, 1.165) is 27.4 Å². The Labute approximate surface area is 244 Å². The lowest BCUT2D eigenvalue weighted by atomic mass is 10.1. The number of ether oxygens (including phenoxy) is 1. The number of carbonyl (C=O) groups excluding carboxylic acids is 2. The molecule has 0 spiro atoms. The van der Waals surface area contributed by atoms with Crippen LogP contribution in [-0.2, 0) is 26.2 Å². The highest BCUT2D eigenvalue weighted by atomic mass is 32.2. The molecule has 0 saturated heterocycles. The van der Waals surface area contributed by atoms with E-state index in [1.165, 1.54) is 17.0 Å². The highest BCUT2D eigenvalue weighted by Gasteiger charge is 2.33. The maximum Gasteiger partial charge on any atom is 0.264 e. The van der Waals surface area contributed by atoms with E-state index in [9.17, 15) is 18.0 Å². The summed E-state index contributed by atoms with van der Waals surface area (Å²) < 4.78 is 34.6. The van der Waals surface area contributed by atoms with E-state index >= 15 is 0 Å². The van der Waals surface area contributed by atoms with E-state index < -0.39 is 28.5 Å². The summed E-state index contributed by atoms with van der Waals surface area (Å²) in [6.45, 7) is 10.1. The van der Waals surface area contributed by atoms with Crippen molar-refractivity contribution in [3.8, 4) is 5.75 Å². The number of nitrogens with zero attached hydrogens (tertiary/aromatic N) is 2. The number of benzene rings is 3. The van der Waals surface area contributed by atoms with Gasteiger partial charge in [0.15, 0.2) is 0 Å². The van der Waals surface area contributed by atoms with Crippen LogP contribution in [-0.4, -0.2) is 50.9 Å². The Kier molecular flexibility index (Phi) is 11.3. The van der Waals surface area contributed by atoms with Gasteiger partial charge in [0.05, 0.1) is 17.2 Å². The third kappa shape index (κ3) is 8.10. The molecular formula is C32H41N3O5S. The molecule has 0 bridgehead atoms. The second-order valence-corrected chi connectivity index (χ2v) is 11.8. The van der Waals surface area contributed by atoms with Gasteiger partial charge in [0, 0.05) is 13.1 Å². The molecule has 2 amide bonds. The summed E-state index contributed by atoms with van der Waals surface area (Å²) in [4.78, 5) is 28.9. The minimum absolute atomic E-state index is 0.0722. The lowest BCUT2D eigenvalue weighted by Gasteiger charge is -2.33. The lowest BCUT2D eigenvalue weighted by molar-refractivity contribution is -0.140. The quantitative estimate of drug-likeness (QED) is 0.282. The third-order valence-electron chi connectivity index (χ3n) is 6.86. The molecule has 0 fully saturated rings. The van der Waals surface area contributed by atoms with Gasteiger partial charge < -0.3 is 15.0 Å². The maximum absolute atomic E-state index is 14.1. The molecule has 220 valence electrons. The number of hydrogen-bond donors (Lipinski definition) is 1. The van der Waals surface area contributed by atoms with Crippen LogP contribution >= 0.6 is 0 Å². The van der Waals surface area contributed by atoms with Crippen molar-refractivity contribution >= 4 is 27.5 Å². The van der Waals surface area contributed by atoms with Gasteiger partial charge in [-0.05, 0) is 81.1 Å². The van der Waals surface area contributed by atoms with Crippen LogP contribution in [0.5, 0.6) is 5.75 Å². The average Bonchev–Trinajstić information content (AvgIpc) is 2.96. The van der Waals surface area contributed by atoms with Crippen LogP contribution in [0.25, 0.3) is 0 Å². The fourth-order valence-electron chi connectivity index (χ4n) is 4.50. The Balaban J connectivity index is 2.06. The molecular weight excluding hydrogens is 538 g/mol. The topological polar surface area (TPSA) is 96.0 Å². The molecule has 1 atom stereocenters. The van der Waals surface area contributed by atoms with Gasteiger partial charge in [-0.1, -0.05) is 55.8 Å². The van der Waals surface area contributed by atoms with Crippen LogP contribution in [0.3, 0.4) is 0 Å². The Bertz CT molecular complexity index is 1410. The van der Waals surface area contributed by atoms with E-state index in [1.807, 2.05) is 58.9 Å². The lowest BCUT2D eigenvalue weighted by Crippen LogP contribution is -2.52. The standard InChI is InChI=1S/C32H41N3O5S/c1-6-21-33-32(37)30(7-2)34(22-26-12-10-9-11-25(26)5)31(36)23-35(27-15-17-28(18-16-27)40-8-3)41(38,39)29-19-13-24(4)14-20-29/h9-20,30H,6-8,21-23H2,1-5H3,(H,33,37)/t30-/m0/s1. The van der Waals surface area contributed by atoms with Gasteiger partial charge in [-0.25, -0.2) is 8.42 Å². The van der Waals surface area contributed by atoms with Gasteiger partial charge in [0.2, 0.25) is 11.8 Å². The molecule has 0 heterocycles. The zero-order valence-corrected chi connectivity index (χ0v) is 25.4. The van der Waals surface area contributed by atoms with E-state index in [0.29, 0.717) is 31.0 Å². The van der Waals surface area contributed by atoms with Crippen LogP contribution in [0.4, 0.5) is 5.69 Å². The molecule has 3 aromatic carbocycles. The zero-order chi connectivity index (χ0) is 30.0. The number of carbonyl (C=O) groups is 2. The Hall–Kier alpha value is -3.85. The summed E-state index contributed by atoms with van der Waals surface area (Å²) in [5.41, 5.74) is 3.10. The van der Waals surface area contributed by atoms with E-state index in [2.05, 4.69) is 5.32 Å². The van der Waals surface area contributed by atoms with Crippen LogP contribution in [0, 0.1) is 13.8 Å². The highest BCUT2D eigenvalue weighted by molar-refractivity contribution is 7.92. The third-order valence-corrected chi connectivity index (χ3v) is 8.65. The van der Waals surface area contributed by atoms with Crippen molar-refractivity contribution in [1.29, 1.82) is 0 Å². The van der Waals surface area contributed by atoms with Gasteiger partial charge in [-0.2, -0.15) is 0 Å². The summed E-state index contributed by atoms with van der Waals surface area (Å²) in [5.74, 6) is -0.142. The molecule has 8 nitrogen and oxygen atoms in total. The van der Waals surface area contributed by atoms with Crippen LogP contribution < -0.4 is 14.4 Å². The van der Waals surface area contributed by atoms with Crippen molar-refractivity contribution in [3.05, 3.63) is 89.5 Å². The normalized spacial score (nSPS) is 11.9. The first kappa shape index (κ1) is 31.7. The van der Waals surface area contributed by atoms with Gasteiger partial charge in [-0.15, -0.1) is 0 Å². The summed E-state index contributed by atoms with van der Waals surface area (Å²) in [6.07, 6.45) is 1.13. The average molecular weight is 580 g/mol. The minimum Gasteiger partial charge on any atom is -0.494 e. The maximum atomic E-state index is 14.1. The Morgan fingerprint density at radius 3 is 2.15 bits per heavy atom. The SMILES string of the molecule is CCCNC(=O)[C@H](CC)N(Cc1ccccc1C)C(=O)CN(c1ccc(OCC)cc1)S(=O)(=O)c1ccc(C)cc1. The molecule has 3 aromatic rings. The predicted octanol–water partition coefficient (Wildman–Crippen LogP) is 5.23. The molecule has 9 heteroatoms. The second-order valence-electron chi connectivity index (χ2n) is 9.91. The Morgan fingerprint density at radius 1 is 0.902 bits per heavy atom. The highest BCUT2D eigenvalue weighted by Crippen LogP contribution is 2.27. The van der Waals surface area contributed by atoms with Crippen LogP contribution in [0.2, 0.25) is 0 Å². The van der Waals surface area contributed by atoms with Crippen molar-refractivity contribution in [3.63, 3.8) is 0 Å². The molecule has 0 aliphatic rings. The first-order chi connectivity index (χ1) is 19.6. The van der Waals surface area contributed by atoms with Gasteiger partial charge in [-0.3, -0.25) is 13.9 Å². The summed E-state index contributed by atoms with van der Waals surface area (Å²) >= 11 is 0. The van der Waals surface area contributed by atoms with Crippen LogP contribution in [0.1, 0.15) is 50.3 Å². The van der Waals surface area contributed by atoms with E-state index in [1.54, 1.807) is 36.4 Å². The van der Waals surface area contributed by atoms with Gasteiger partial charge >= 0.3 is 0 Å². The fraction of sp³-hybridized carbons (Fsp3) is 0.375. The number of aryl methyl sites for hydroxylation is 2. The molecule has 0 aliphatic carbocycles. The van der Waals surface area contributed by atoms with Gasteiger partial charge in [0.25, 0.3) is 10.0 Å². The molecule has 0 saturated carbocycles. The molecule has 3 rings (SSSR count). The van der Waals surface area contributed by atoms with Crippen molar-refractivity contribution in [1.82, 2.24) is 10.2 Å². The second kappa shape index (κ2) is 14.7. The van der Waals surface area contributed by atoms with Crippen molar-refractivity contribution < 1.29 is 22.7 Å². The number of anilines is 1. The fourth-order valence-corrected chi connectivity index (χ4v) is 5.91. The number of nitrogens with one attached hydrogen (secondary N) is 1. The Morgan fingerprint density at radius 2 is 1.56 bits per heavy atom. The van der Waals surface area contributed by atoms with Gasteiger partial charge in [0.1, 0.15) is 18.3 Å². The summed E-state index contributed by atoms with van der Waals surface area (Å²) in [6, 6.07) is 20.0. The van der Waals surface area contributed by atoms with E-state index in [-0.39, 0.29) is 17.3 Å². The molecule has 0 unspecified atom stereocenters. The number of rotatable bonds is 14. The monoisotopic (exact) mass is 579 g/mol. The smallest absolute Gasteiger partial charge is 0.264 e. The summed E-state index contributed by atoms with van der Waals surface area (Å²) in [5, 5.41) is 2.91. The number of amides is 2. The first-order valence-electron chi connectivity index (χ1n) is 14.1. The molecule has 41 heavy (non-hydrogen) atoms. The van der Waals surface area contributed by atoms with Crippen molar-refractivity contribution in [2.24, 2.45) is 0 Å². The number of hydrogen-bond acceptors (Lipinski definition) is 5. The largest absolute Gasteiger partial charge is 0.494 e. The molecule has 0 radical (unpaired) electrons. The van der Waals surface area contributed by atoms with Crippen LogP contribution in [0.15, 0.2) is 77.7 Å². The summed E-state index contributed by atoms with van der Waals surface area (Å²) in [7, 11) is -4.13. The predicted molar refractivity (Wildman–Crippen MR) is 162 cm³/mol. The van der Waals surface area contributed by atoms with Crippen molar-refractivity contribution in [2.45, 2.75) is 64.9 Å². The number of sulfonamides is 1.